The first-order chi connectivity index (χ1) is 11.8. The Labute approximate surface area is 144 Å². The molecule has 0 aromatic carbocycles. The Hall–Kier alpha value is -2.04. The second-order valence-corrected chi connectivity index (χ2v) is 6.51. The van der Waals surface area contributed by atoms with Gasteiger partial charge in [0.2, 0.25) is 5.88 Å². The van der Waals surface area contributed by atoms with Crippen LogP contribution in [0.25, 0.3) is 0 Å². The van der Waals surface area contributed by atoms with Crippen molar-refractivity contribution in [3.05, 3.63) is 36.0 Å². The molecule has 5 heteroatoms. The Morgan fingerprint density at radius 1 is 1.25 bits per heavy atom. The molecule has 24 heavy (non-hydrogen) atoms. The fourth-order valence-corrected chi connectivity index (χ4v) is 3.17. The smallest absolute Gasteiger partial charge is 0.213 e. The molecule has 0 bridgehead atoms. The third-order valence-electron chi connectivity index (χ3n) is 4.50. The molecule has 0 spiro atoms. The van der Waals surface area contributed by atoms with Crippen LogP contribution in [-0.2, 0) is 6.54 Å². The molecule has 0 unspecified atom stereocenters. The Balaban J connectivity index is 1.52. The lowest BCUT2D eigenvalue weighted by molar-refractivity contribution is 0.201. The monoisotopic (exact) mass is 328 g/mol. The first kappa shape index (κ1) is 16.8. The summed E-state index contributed by atoms with van der Waals surface area (Å²) in [4.78, 5) is 9.09. The molecule has 1 saturated carbocycles. The maximum Gasteiger partial charge on any atom is 0.213 e. The third-order valence-corrected chi connectivity index (χ3v) is 4.50. The Kier molecular flexibility index (Phi) is 6.10. The van der Waals surface area contributed by atoms with Crippen molar-refractivity contribution in [3.63, 3.8) is 0 Å². The van der Waals surface area contributed by atoms with Crippen LogP contribution in [0.1, 0.15) is 51.0 Å². The average molecular weight is 328 g/mol. The zero-order chi connectivity index (χ0) is 16.6. The summed E-state index contributed by atoms with van der Waals surface area (Å²) >= 11 is 0. The van der Waals surface area contributed by atoms with Crippen LogP contribution in [0.5, 0.6) is 5.88 Å². The van der Waals surface area contributed by atoms with Crippen molar-refractivity contribution in [1.29, 1.82) is 0 Å². The summed E-state index contributed by atoms with van der Waals surface area (Å²) in [5.41, 5.74) is 1.09. The van der Waals surface area contributed by atoms with E-state index in [0.29, 0.717) is 18.7 Å². The Morgan fingerprint density at radius 2 is 2.04 bits per heavy atom. The summed E-state index contributed by atoms with van der Waals surface area (Å²) in [7, 11) is 0. The average Bonchev–Trinajstić information content (AvgIpc) is 3.28. The molecule has 5 nitrogen and oxygen atoms in total. The van der Waals surface area contributed by atoms with Crippen molar-refractivity contribution in [2.45, 2.75) is 64.1 Å². The molecular weight excluding hydrogens is 300 g/mol. The second-order valence-electron chi connectivity index (χ2n) is 6.51. The number of nitrogens with zero attached hydrogens (tertiary/aromatic N) is 2. The highest BCUT2D eigenvalue weighted by Gasteiger charge is 2.16. The molecule has 0 saturated heterocycles. The van der Waals surface area contributed by atoms with Gasteiger partial charge in [0.25, 0.3) is 0 Å². The van der Waals surface area contributed by atoms with Crippen molar-refractivity contribution in [2.75, 3.05) is 6.54 Å². The van der Waals surface area contributed by atoms with Gasteiger partial charge in [-0.1, -0.05) is 18.2 Å². The quantitative estimate of drug-likeness (QED) is 0.478. The van der Waals surface area contributed by atoms with Gasteiger partial charge in [-0.3, -0.25) is 0 Å². The fourth-order valence-electron chi connectivity index (χ4n) is 3.17. The van der Waals surface area contributed by atoms with E-state index in [2.05, 4.69) is 45.8 Å². The molecule has 1 aromatic rings. The molecule has 130 valence electrons. The molecule has 0 aliphatic heterocycles. The zero-order valence-corrected chi connectivity index (χ0v) is 14.5. The number of hydrogen-bond donors (Lipinski definition) is 2. The highest BCUT2D eigenvalue weighted by Crippen LogP contribution is 2.22. The van der Waals surface area contributed by atoms with Crippen LogP contribution in [-0.4, -0.2) is 29.6 Å². The van der Waals surface area contributed by atoms with E-state index in [4.69, 9.17) is 4.74 Å². The summed E-state index contributed by atoms with van der Waals surface area (Å²) in [5.74, 6) is 1.61. The molecule has 0 atom stereocenters. The van der Waals surface area contributed by atoms with Gasteiger partial charge in [0.1, 0.15) is 6.10 Å². The predicted molar refractivity (Wildman–Crippen MR) is 97.2 cm³/mol. The van der Waals surface area contributed by atoms with Crippen molar-refractivity contribution in [3.8, 4) is 5.88 Å². The topological polar surface area (TPSA) is 58.5 Å². The summed E-state index contributed by atoms with van der Waals surface area (Å²) in [5, 5.41) is 6.78. The van der Waals surface area contributed by atoms with Gasteiger partial charge >= 0.3 is 0 Å². The molecule has 1 fully saturated rings. The van der Waals surface area contributed by atoms with Crippen molar-refractivity contribution in [1.82, 2.24) is 15.6 Å². The molecule has 1 aromatic heterocycles. The van der Waals surface area contributed by atoms with Crippen LogP contribution in [0.3, 0.4) is 0 Å². The van der Waals surface area contributed by atoms with Gasteiger partial charge in [-0.25, -0.2) is 9.98 Å². The first-order valence-electron chi connectivity index (χ1n) is 9.15. The lowest BCUT2D eigenvalue weighted by Gasteiger charge is -2.16. The standard InChI is InChI=1S/C19H28N4O/c1-2-20-19(23-16-7-3-4-8-16)22-14-15-11-12-18(21-13-15)24-17-9-5-6-10-17/h3-4,11-13,16-17H,2,5-10,14H2,1H3,(H2,20,22,23). The molecule has 1 heterocycles. The van der Waals surface area contributed by atoms with E-state index >= 15 is 0 Å². The largest absolute Gasteiger partial charge is 0.474 e. The minimum absolute atomic E-state index is 0.353. The number of nitrogens with one attached hydrogen (secondary N) is 2. The fraction of sp³-hybridized carbons (Fsp3) is 0.579. The highest BCUT2D eigenvalue weighted by molar-refractivity contribution is 5.80. The number of hydrogen-bond acceptors (Lipinski definition) is 3. The van der Waals surface area contributed by atoms with E-state index in [-0.39, 0.29) is 0 Å². The number of rotatable bonds is 6. The van der Waals surface area contributed by atoms with E-state index in [0.717, 1.165) is 49.6 Å². The van der Waals surface area contributed by atoms with Crippen LogP contribution in [0.4, 0.5) is 0 Å². The van der Waals surface area contributed by atoms with Gasteiger partial charge in [0.05, 0.1) is 6.54 Å². The minimum atomic E-state index is 0.353. The van der Waals surface area contributed by atoms with E-state index in [1.54, 1.807) is 0 Å². The summed E-state index contributed by atoms with van der Waals surface area (Å²) in [6.07, 6.45) is 13.6. The number of aliphatic imine (C=N–C) groups is 1. The maximum atomic E-state index is 5.90. The zero-order valence-electron chi connectivity index (χ0n) is 14.5. The Bertz CT molecular complexity index is 553. The number of aromatic nitrogens is 1. The van der Waals surface area contributed by atoms with Crippen molar-refractivity contribution >= 4 is 5.96 Å². The van der Waals surface area contributed by atoms with Crippen LogP contribution >= 0.6 is 0 Å². The van der Waals surface area contributed by atoms with E-state index in [1.165, 1.54) is 12.8 Å². The minimum Gasteiger partial charge on any atom is -0.474 e. The van der Waals surface area contributed by atoms with Crippen LogP contribution in [0.15, 0.2) is 35.5 Å². The van der Waals surface area contributed by atoms with Gasteiger partial charge in [0, 0.05) is 24.8 Å². The maximum absolute atomic E-state index is 5.90. The van der Waals surface area contributed by atoms with Crippen molar-refractivity contribution in [2.24, 2.45) is 4.99 Å². The second kappa shape index (κ2) is 8.71. The van der Waals surface area contributed by atoms with Gasteiger partial charge in [-0.15, -0.1) is 0 Å². The van der Waals surface area contributed by atoms with Crippen LogP contribution < -0.4 is 15.4 Å². The van der Waals surface area contributed by atoms with Crippen LogP contribution in [0, 0.1) is 0 Å². The van der Waals surface area contributed by atoms with E-state index < -0.39 is 0 Å². The van der Waals surface area contributed by atoms with E-state index in [1.807, 2.05) is 12.3 Å². The predicted octanol–water partition coefficient (Wildman–Crippen LogP) is 3.18. The first-order valence-corrected chi connectivity index (χ1v) is 9.15. The molecule has 2 aliphatic carbocycles. The third kappa shape index (κ3) is 4.98. The van der Waals surface area contributed by atoms with Gasteiger partial charge in [-0.05, 0) is 51.0 Å². The van der Waals surface area contributed by atoms with Gasteiger partial charge < -0.3 is 15.4 Å². The number of ether oxygens (including phenoxy) is 1. The molecule has 3 rings (SSSR count). The molecule has 0 radical (unpaired) electrons. The lowest BCUT2D eigenvalue weighted by Crippen LogP contribution is -2.42. The summed E-state index contributed by atoms with van der Waals surface area (Å²) in [6.45, 7) is 3.56. The van der Waals surface area contributed by atoms with Crippen LogP contribution in [0.2, 0.25) is 0 Å². The number of guanidine groups is 1. The van der Waals surface area contributed by atoms with Gasteiger partial charge in [0.15, 0.2) is 5.96 Å². The van der Waals surface area contributed by atoms with E-state index in [9.17, 15) is 0 Å². The molecular formula is C19H28N4O. The Morgan fingerprint density at radius 3 is 2.71 bits per heavy atom. The summed E-state index contributed by atoms with van der Waals surface area (Å²) < 4.78 is 5.90. The highest BCUT2D eigenvalue weighted by atomic mass is 16.5. The SMILES string of the molecule is CCNC(=NCc1ccc(OC2CCCC2)nc1)NC1CC=CC1. The summed E-state index contributed by atoms with van der Waals surface area (Å²) in [6, 6.07) is 4.48. The molecule has 0 amide bonds. The molecule has 2 aliphatic rings. The normalized spacial score (nSPS) is 19.0. The molecule has 2 N–H and O–H groups in total. The lowest BCUT2D eigenvalue weighted by atomic mass is 10.2. The van der Waals surface area contributed by atoms with Crippen molar-refractivity contribution < 1.29 is 4.74 Å². The van der Waals surface area contributed by atoms with Gasteiger partial charge in [-0.2, -0.15) is 0 Å². The number of pyridine rings is 1.